The molecule has 1 aromatic rings. The summed E-state index contributed by atoms with van der Waals surface area (Å²) in [6.45, 7) is 11.3. The van der Waals surface area contributed by atoms with Crippen molar-refractivity contribution in [2.24, 2.45) is 0 Å². The van der Waals surface area contributed by atoms with E-state index in [9.17, 15) is 0 Å². The number of aromatic nitrogens is 2. The van der Waals surface area contributed by atoms with Crippen molar-refractivity contribution in [1.29, 1.82) is 0 Å². The van der Waals surface area contributed by atoms with Crippen molar-refractivity contribution >= 4 is 11.6 Å². The van der Waals surface area contributed by atoms with Gasteiger partial charge >= 0.3 is 0 Å². The Labute approximate surface area is 115 Å². The molecule has 1 rings (SSSR count). The SMILES string of the molecule is CCc1nn(CC)c(COCCNC(C)C)c1Cl. The normalized spacial score (nSPS) is 11.4. The quantitative estimate of drug-likeness (QED) is 0.740. The Balaban J connectivity index is 2.48. The zero-order chi connectivity index (χ0) is 13.5. The van der Waals surface area contributed by atoms with Gasteiger partial charge in [-0.05, 0) is 13.3 Å². The van der Waals surface area contributed by atoms with Crippen molar-refractivity contribution in [3.8, 4) is 0 Å². The summed E-state index contributed by atoms with van der Waals surface area (Å²) in [7, 11) is 0. The predicted octanol–water partition coefficient (Wildman–Crippen LogP) is 2.63. The van der Waals surface area contributed by atoms with Crippen LogP contribution in [0.2, 0.25) is 5.02 Å². The number of aryl methyl sites for hydroxylation is 2. The van der Waals surface area contributed by atoms with Gasteiger partial charge in [-0.3, -0.25) is 4.68 Å². The van der Waals surface area contributed by atoms with Gasteiger partial charge in [-0.25, -0.2) is 0 Å². The second-order valence-corrected chi connectivity index (χ2v) is 4.92. The van der Waals surface area contributed by atoms with E-state index in [1.54, 1.807) is 0 Å². The lowest BCUT2D eigenvalue weighted by atomic mass is 10.3. The maximum Gasteiger partial charge on any atom is 0.0900 e. The fourth-order valence-corrected chi connectivity index (χ4v) is 2.07. The van der Waals surface area contributed by atoms with Crippen LogP contribution in [0.5, 0.6) is 0 Å². The van der Waals surface area contributed by atoms with Gasteiger partial charge in [0.05, 0.1) is 29.6 Å². The highest BCUT2D eigenvalue weighted by Gasteiger charge is 2.13. The summed E-state index contributed by atoms with van der Waals surface area (Å²) < 4.78 is 7.57. The standard InChI is InChI=1S/C13H24ClN3O/c1-5-11-13(14)12(17(6-2)16-11)9-18-8-7-15-10(3)4/h10,15H,5-9H2,1-4H3. The fourth-order valence-electron chi connectivity index (χ4n) is 1.74. The summed E-state index contributed by atoms with van der Waals surface area (Å²) >= 11 is 6.29. The number of hydrogen-bond acceptors (Lipinski definition) is 3. The minimum absolute atomic E-state index is 0.491. The summed E-state index contributed by atoms with van der Waals surface area (Å²) in [5, 5.41) is 8.53. The van der Waals surface area contributed by atoms with E-state index in [2.05, 4.69) is 38.1 Å². The molecule has 0 saturated heterocycles. The smallest absolute Gasteiger partial charge is 0.0900 e. The summed E-state index contributed by atoms with van der Waals surface area (Å²) in [5.41, 5.74) is 1.94. The molecule has 0 aliphatic rings. The maximum absolute atomic E-state index is 6.29. The monoisotopic (exact) mass is 273 g/mol. The third-order valence-corrected chi connectivity index (χ3v) is 3.17. The Kier molecular flexibility index (Phi) is 6.68. The molecule has 18 heavy (non-hydrogen) atoms. The van der Waals surface area contributed by atoms with Crippen molar-refractivity contribution < 1.29 is 4.74 Å². The first kappa shape index (κ1) is 15.5. The molecule has 0 aliphatic heterocycles. The first-order chi connectivity index (χ1) is 8.60. The molecule has 0 radical (unpaired) electrons. The largest absolute Gasteiger partial charge is 0.374 e. The molecule has 0 aromatic carbocycles. The zero-order valence-corrected chi connectivity index (χ0v) is 12.5. The van der Waals surface area contributed by atoms with Crippen LogP contribution < -0.4 is 5.32 Å². The summed E-state index contributed by atoms with van der Waals surface area (Å²) in [5.74, 6) is 0. The van der Waals surface area contributed by atoms with Crippen LogP contribution in [0.15, 0.2) is 0 Å². The molecule has 5 heteroatoms. The molecule has 0 amide bonds. The van der Waals surface area contributed by atoms with Crippen LogP contribution in [-0.2, 0) is 24.3 Å². The number of rotatable bonds is 8. The first-order valence-corrected chi connectivity index (χ1v) is 7.03. The van der Waals surface area contributed by atoms with E-state index in [4.69, 9.17) is 16.3 Å². The Morgan fingerprint density at radius 3 is 2.67 bits per heavy atom. The van der Waals surface area contributed by atoms with Crippen LogP contribution in [-0.4, -0.2) is 29.0 Å². The van der Waals surface area contributed by atoms with E-state index in [0.29, 0.717) is 19.3 Å². The molecule has 0 saturated carbocycles. The highest BCUT2D eigenvalue weighted by molar-refractivity contribution is 6.31. The summed E-state index contributed by atoms with van der Waals surface area (Å²) in [6.07, 6.45) is 0.855. The highest BCUT2D eigenvalue weighted by atomic mass is 35.5. The molecule has 0 aliphatic carbocycles. The van der Waals surface area contributed by atoms with Crippen molar-refractivity contribution in [2.45, 2.75) is 53.3 Å². The number of nitrogens with zero attached hydrogens (tertiary/aromatic N) is 2. The highest BCUT2D eigenvalue weighted by Crippen LogP contribution is 2.22. The minimum atomic E-state index is 0.491. The molecular weight excluding hydrogens is 250 g/mol. The second-order valence-electron chi connectivity index (χ2n) is 4.54. The molecule has 4 nitrogen and oxygen atoms in total. The van der Waals surface area contributed by atoms with Crippen LogP contribution in [0.4, 0.5) is 0 Å². The number of halogens is 1. The van der Waals surface area contributed by atoms with Crippen LogP contribution >= 0.6 is 11.6 Å². The molecule has 0 bridgehead atoms. The van der Waals surface area contributed by atoms with Gasteiger partial charge < -0.3 is 10.1 Å². The number of ether oxygens (including phenoxy) is 1. The van der Waals surface area contributed by atoms with Crippen LogP contribution in [0.1, 0.15) is 39.1 Å². The van der Waals surface area contributed by atoms with E-state index in [1.807, 2.05) is 4.68 Å². The van der Waals surface area contributed by atoms with Gasteiger partial charge in [-0.15, -0.1) is 0 Å². The van der Waals surface area contributed by atoms with Gasteiger partial charge in [0, 0.05) is 19.1 Å². The first-order valence-electron chi connectivity index (χ1n) is 6.65. The lowest BCUT2D eigenvalue weighted by Crippen LogP contribution is -2.26. The topological polar surface area (TPSA) is 39.1 Å². The summed E-state index contributed by atoms with van der Waals surface area (Å²) in [4.78, 5) is 0. The molecule has 1 aromatic heterocycles. The second kappa shape index (κ2) is 7.77. The lowest BCUT2D eigenvalue weighted by molar-refractivity contribution is 0.116. The van der Waals surface area contributed by atoms with E-state index in [0.717, 1.165) is 35.9 Å². The van der Waals surface area contributed by atoms with Gasteiger partial charge in [-0.1, -0.05) is 32.4 Å². The van der Waals surface area contributed by atoms with Crippen LogP contribution in [0, 0.1) is 0 Å². The van der Waals surface area contributed by atoms with Gasteiger partial charge in [-0.2, -0.15) is 5.10 Å². The van der Waals surface area contributed by atoms with Crippen LogP contribution in [0.3, 0.4) is 0 Å². The Hall–Kier alpha value is -0.580. The maximum atomic E-state index is 6.29. The van der Waals surface area contributed by atoms with E-state index < -0.39 is 0 Å². The number of hydrogen-bond donors (Lipinski definition) is 1. The van der Waals surface area contributed by atoms with Gasteiger partial charge in [0.2, 0.25) is 0 Å². The fraction of sp³-hybridized carbons (Fsp3) is 0.769. The molecular formula is C13H24ClN3O. The molecule has 0 spiro atoms. The van der Waals surface area contributed by atoms with Crippen molar-refractivity contribution in [1.82, 2.24) is 15.1 Å². The molecule has 1 N–H and O–H groups in total. The molecule has 1 heterocycles. The Bertz CT molecular complexity index is 363. The van der Waals surface area contributed by atoms with Gasteiger partial charge in [0.15, 0.2) is 0 Å². The van der Waals surface area contributed by atoms with Gasteiger partial charge in [0.1, 0.15) is 0 Å². The molecule has 0 unspecified atom stereocenters. The predicted molar refractivity (Wildman–Crippen MR) is 75.1 cm³/mol. The van der Waals surface area contributed by atoms with E-state index >= 15 is 0 Å². The van der Waals surface area contributed by atoms with E-state index in [-0.39, 0.29) is 0 Å². The minimum Gasteiger partial charge on any atom is -0.374 e. The van der Waals surface area contributed by atoms with Crippen LogP contribution in [0.25, 0.3) is 0 Å². The lowest BCUT2D eigenvalue weighted by Gasteiger charge is -2.09. The molecule has 0 fully saturated rings. The van der Waals surface area contributed by atoms with Crippen molar-refractivity contribution in [3.63, 3.8) is 0 Å². The van der Waals surface area contributed by atoms with E-state index in [1.165, 1.54) is 0 Å². The Morgan fingerprint density at radius 1 is 1.39 bits per heavy atom. The van der Waals surface area contributed by atoms with Crippen molar-refractivity contribution in [2.75, 3.05) is 13.2 Å². The van der Waals surface area contributed by atoms with Gasteiger partial charge in [0.25, 0.3) is 0 Å². The average Bonchev–Trinajstić information content (AvgIpc) is 2.65. The van der Waals surface area contributed by atoms with Crippen molar-refractivity contribution in [3.05, 3.63) is 16.4 Å². The molecule has 0 atom stereocenters. The number of nitrogens with one attached hydrogen (secondary N) is 1. The summed E-state index contributed by atoms with van der Waals surface area (Å²) in [6, 6.07) is 0.491. The zero-order valence-electron chi connectivity index (χ0n) is 11.8. The third-order valence-electron chi connectivity index (χ3n) is 2.73. The third kappa shape index (κ3) is 4.26. The molecule has 104 valence electrons. The average molecular weight is 274 g/mol. The Morgan fingerprint density at radius 2 is 2.11 bits per heavy atom.